The molecule has 2 N–H and O–H groups in total. The van der Waals surface area contributed by atoms with Crippen molar-refractivity contribution in [1.82, 2.24) is 14.9 Å². The molecule has 1 amide bonds. The van der Waals surface area contributed by atoms with Gasteiger partial charge in [-0.2, -0.15) is 0 Å². The Bertz CT molecular complexity index is 589. The number of carboxylic acid groups (broad SMARTS) is 1. The zero-order valence-electron chi connectivity index (χ0n) is 9.54. The van der Waals surface area contributed by atoms with Crippen LogP contribution in [0.15, 0.2) is 11.6 Å². The van der Waals surface area contributed by atoms with Gasteiger partial charge in [0.05, 0.1) is 13.5 Å². The van der Waals surface area contributed by atoms with E-state index < -0.39 is 5.97 Å². The van der Waals surface area contributed by atoms with Gasteiger partial charge in [0.2, 0.25) is 5.88 Å². The van der Waals surface area contributed by atoms with Crippen molar-refractivity contribution in [3.8, 4) is 5.88 Å². The fraction of sp³-hybridized carbons (Fsp3) is 0.300. The number of hydrogen-bond acceptors (Lipinski definition) is 5. The van der Waals surface area contributed by atoms with E-state index in [1.165, 1.54) is 18.4 Å². The minimum atomic E-state index is -0.960. The van der Waals surface area contributed by atoms with Crippen LogP contribution in [0.4, 0.5) is 0 Å². The van der Waals surface area contributed by atoms with Crippen molar-refractivity contribution in [3.05, 3.63) is 17.1 Å². The number of carbonyl (C=O) groups is 2. The van der Waals surface area contributed by atoms with Crippen LogP contribution in [0.2, 0.25) is 0 Å². The number of aliphatic carboxylic acids is 1. The standard InChI is InChI=1S/C10H11N3O4S/c1-17-9-7(8(16)11-3-2-6(14)15)10-13(12-9)4-5-18-10/h4-5H,2-3H2,1H3,(H,11,16)(H,14,15). The van der Waals surface area contributed by atoms with Gasteiger partial charge >= 0.3 is 5.97 Å². The quantitative estimate of drug-likeness (QED) is 0.829. The molecule has 0 aromatic carbocycles. The number of aromatic nitrogens is 2. The number of nitrogens with zero attached hydrogens (tertiary/aromatic N) is 2. The average Bonchev–Trinajstić information content (AvgIpc) is 2.86. The molecule has 2 heterocycles. The molecule has 0 unspecified atom stereocenters. The topological polar surface area (TPSA) is 92.9 Å². The number of rotatable bonds is 5. The molecule has 2 rings (SSSR count). The van der Waals surface area contributed by atoms with E-state index in [1.54, 1.807) is 16.1 Å². The highest BCUT2D eigenvalue weighted by Crippen LogP contribution is 2.25. The van der Waals surface area contributed by atoms with Crippen LogP contribution in [-0.2, 0) is 4.79 Å². The third-order valence-corrected chi connectivity index (χ3v) is 3.13. The highest BCUT2D eigenvalue weighted by atomic mass is 32.1. The van der Waals surface area contributed by atoms with E-state index in [1.807, 2.05) is 0 Å². The van der Waals surface area contributed by atoms with E-state index >= 15 is 0 Å². The molecule has 2 aromatic rings. The third-order valence-electron chi connectivity index (χ3n) is 2.26. The van der Waals surface area contributed by atoms with Crippen molar-refractivity contribution in [3.63, 3.8) is 0 Å². The summed E-state index contributed by atoms with van der Waals surface area (Å²) in [6, 6.07) is 0. The second kappa shape index (κ2) is 5.05. The van der Waals surface area contributed by atoms with Gasteiger partial charge in [-0.05, 0) is 0 Å². The number of carboxylic acids is 1. The summed E-state index contributed by atoms with van der Waals surface area (Å²) in [4.78, 5) is 23.0. The Morgan fingerprint density at radius 3 is 3.06 bits per heavy atom. The molecule has 0 aliphatic heterocycles. The number of nitrogens with one attached hydrogen (secondary N) is 1. The Labute approximate surface area is 106 Å². The van der Waals surface area contributed by atoms with Gasteiger partial charge in [-0.3, -0.25) is 9.59 Å². The summed E-state index contributed by atoms with van der Waals surface area (Å²) in [5.41, 5.74) is 0.331. The average molecular weight is 269 g/mol. The fourth-order valence-electron chi connectivity index (χ4n) is 1.47. The van der Waals surface area contributed by atoms with E-state index in [0.29, 0.717) is 10.4 Å². The van der Waals surface area contributed by atoms with Crippen molar-refractivity contribution in [2.24, 2.45) is 0 Å². The molecule has 0 saturated carbocycles. The normalized spacial score (nSPS) is 10.5. The molecule has 0 aliphatic carbocycles. The molecular formula is C10H11N3O4S. The zero-order valence-corrected chi connectivity index (χ0v) is 10.4. The first-order valence-corrected chi connectivity index (χ1v) is 6.01. The van der Waals surface area contributed by atoms with Gasteiger partial charge in [0.1, 0.15) is 10.4 Å². The summed E-state index contributed by atoms with van der Waals surface area (Å²) in [5, 5.41) is 16.9. The van der Waals surface area contributed by atoms with Gasteiger partial charge < -0.3 is 15.2 Å². The maximum absolute atomic E-state index is 11.9. The maximum atomic E-state index is 11.9. The Balaban J connectivity index is 2.20. The number of hydrogen-bond donors (Lipinski definition) is 2. The number of amides is 1. The second-order valence-corrected chi connectivity index (χ2v) is 4.33. The van der Waals surface area contributed by atoms with Gasteiger partial charge in [0.15, 0.2) is 0 Å². The molecule has 0 bridgehead atoms. The van der Waals surface area contributed by atoms with Gasteiger partial charge in [-0.25, -0.2) is 4.52 Å². The first-order chi connectivity index (χ1) is 8.63. The number of methoxy groups -OCH3 is 1. The molecule has 0 fully saturated rings. The number of ether oxygens (including phenoxy) is 1. The van der Waals surface area contributed by atoms with E-state index in [-0.39, 0.29) is 24.8 Å². The Kier molecular flexibility index (Phi) is 3.47. The van der Waals surface area contributed by atoms with Crippen LogP contribution < -0.4 is 10.1 Å². The molecular weight excluding hydrogens is 258 g/mol. The Hall–Kier alpha value is -2.09. The molecule has 18 heavy (non-hydrogen) atoms. The second-order valence-electron chi connectivity index (χ2n) is 3.44. The van der Waals surface area contributed by atoms with Crippen LogP contribution in [0, 0.1) is 0 Å². The largest absolute Gasteiger partial charge is 0.481 e. The lowest BCUT2D eigenvalue weighted by atomic mass is 10.3. The molecule has 7 nitrogen and oxygen atoms in total. The number of fused-ring (bicyclic) bond motifs is 1. The van der Waals surface area contributed by atoms with E-state index in [0.717, 1.165) is 0 Å². The Morgan fingerprint density at radius 2 is 2.39 bits per heavy atom. The molecule has 0 aliphatic rings. The predicted octanol–water partition coefficient (Wildman–Crippen LogP) is 0.609. The van der Waals surface area contributed by atoms with Gasteiger partial charge in [-0.15, -0.1) is 16.4 Å². The summed E-state index contributed by atoms with van der Waals surface area (Å²) in [5.74, 6) is -1.11. The highest BCUT2D eigenvalue weighted by Gasteiger charge is 2.21. The number of carbonyl (C=O) groups excluding carboxylic acids is 1. The number of thiazole rings is 1. The lowest BCUT2D eigenvalue weighted by Crippen LogP contribution is -2.26. The van der Waals surface area contributed by atoms with Crippen molar-refractivity contribution in [2.75, 3.05) is 13.7 Å². The van der Waals surface area contributed by atoms with Crippen LogP contribution in [0.5, 0.6) is 5.88 Å². The SMILES string of the molecule is COc1nn2ccsc2c1C(=O)NCCC(=O)O. The zero-order chi connectivity index (χ0) is 13.1. The van der Waals surface area contributed by atoms with Crippen molar-refractivity contribution < 1.29 is 19.4 Å². The minimum absolute atomic E-state index is 0.0695. The van der Waals surface area contributed by atoms with Crippen molar-refractivity contribution in [1.29, 1.82) is 0 Å². The first-order valence-electron chi connectivity index (χ1n) is 5.13. The van der Waals surface area contributed by atoms with Crippen LogP contribution in [0.1, 0.15) is 16.8 Å². The van der Waals surface area contributed by atoms with Crippen molar-refractivity contribution >= 4 is 28.0 Å². The summed E-state index contributed by atoms with van der Waals surface area (Å²) in [7, 11) is 1.43. The van der Waals surface area contributed by atoms with E-state index in [4.69, 9.17) is 9.84 Å². The van der Waals surface area contributed by atoms with Crippen LogP contribution in [0.3, 0.4) is 0 Å². The molecule has 0 atom stereocenters. The molecule has 0 spiro atoms. The Morgan fingerprint density at radius 1 is 1.61 bits per heavy atom. The monoisotopic (exact) mass is 269 g/mol. The summed E-state index contributed by atoms with van der Waals surface area (Å²) >= 11 is 1.36. The molecule has 96 valence electrons. The summed E-state index contributed by atoms with van der Waals surface area (Å²) in [6.07, 6.45) is 1.60. The van der Waals surface area contributed by atoms with Gasteiger partial charge in [0.25, 0.3) is 5.91 Å². The molecule has 0 saturated heterocycles. The lowest BCUT2D eigenvalue weighted by Gasteiger charge is -2.02. The summed E-state index contributed by atoms with van der Waals surface area (Å²) in [6.45, 7) is 0.0695. The molecule has 0 radical (unpaired) electrons. The van der Waals surface area contributed by atoms with E-state index in [9.17, 15) is 9.59 Å². The summed E-state index contributed by atoms with van der Waals surface area (Å²) < 4.78 is 6.59. The van der Waals surface area contributed by atoms with Crippen LogP contribution >= 0.6 is 11.3 Å². The lowest BCUT2D eigenvalue weighted by molar-refractivity contribution is -0.136. The molecule has 2 aromatic heterocycles. The van der Waals surface area contributed by atoms with Gasteiger partial charge in [-0.1, -0.05) is 0 Å². The van der Waals surface area contributed by atoms with Crippen LogP contribution in [-0.4, -0.2) is 40.3 Å². The molecule has 8 heteroatoms. The smallest absolute Gasteiger partial charge is 0.305 e. The first kappa shape index (κ1) is 12.4. The third kappa shape index (κ3) is 2.28. The van der Waals surface area contributed by atoms with E-state index in [2.05, 4.69) is 10.4 Å². The minimum Gasteiger partial charge on any atom is -0.481 e. The highest BCUT2D eigenvalue weighted by molar-refractivity contribution is 7.16. The van der Waals surface area contributed by atoms with Gasteiger partial charge in [0, 0.05) is 18.1 Å². The predicted molar refractivity (Wildman–Crippen MR) is 64.2 cm³/mol. The maximum Gasteiger partial charge on any atom is 0.305 e. The fourth-order valence-corrected chi connectivity index (χ4v) is 2.29. The van der Waals surface area contributed by atoms with Crippen molar-refractivity contribution in [2.45, 2.75) is 6.42 Å². The van der Waals surface area contributed by atoms with Crippen LogP contribution in [0.25, 0.3) is 4.83 Å².